The first kappa shape index (κ1) is 15.0. The van der Waals surface area contributed by atoms with Crippen molar-refractivity contribution in [1.82, 2.24) is 9.97 Å². The van der Waals surface area contributed by atoms with Gasteiger partial charge in [0.25, 0.3) is 0 Å². The first-order valence-electron chi connectivity index (χ1n) is 8.18. The summed E-state index contributed by atoms with van der Waals surface area (Å²) in [5.41, 5.74) is 1.97. The second kappa shape index (κ2) is 6.15. The average Bonchev–Trinajstić information content (AvgIpc) is 2.63. The Morgan fingerprint density at radius 3 is 2.33 bits per heavy atom. The summed E-state index contributed by atoms with van der Waals surface area (Å²) in [6, 6.07) is 9.36. The van der Waals surface area contributed by atoms with E-state index in [9.17, 15) is 8.78 Å². The van der Waals surface area contributed by atoms with Crippen LogP contribution in [-0.4, -0.2) is 23.1 Å². The van der Waals surface area contributed by atoms with Crippen LogP contribution >= 0.6 is 0 Å². The fourth-order valence-corrected chi connectivity index (χ4v) is 3.34. The van der Waals surface area contributed by atoms with Crippen LogP contribution in [0, 0.1) is 11.6 Å². The number of aromatic nitrogens is 2. The third kappa shape index (κ3) is 2.60. The number of halogens is 2. The molecule has 0 bridgehead atoms. The third-order valence-electron chi connectivity index (χ3n) is 4.53. The molecule has 1 aliphatic heterocycles. The molecule has 2 heterocycles. The van der Waals surface area contributed by atoms with Gasteiger partial charge in [-0.3, -0.25) is 0 Å². The lowest BCUT2D eigenvalue weighted by Gasteiger charge is -2.29. The smallest absolute Gasteiger partial charge is 0.149 e. The zero-order chi connectivity index (χ0) is 16.5. The van der Waals surface area contributed by atoms with Crippen molar-refractivity contribution in [2.45, 2.75) is 19.3 Å². The van der Waals surface area contributed by atoms with Crippen molar-refractivity contribution in [3.63, 3.8) is 0 Å². The quantitative estimate of drug-likeness (QED) is 0.691. The molecule has 1 aliphatic rings. The Balaban J connectivity index is 1.96. The van der Waals surface area contributed by atoms with Crippen LogP contribution in [0.15, 0.2) is 42.7 Å². The van der Waals surface area contributed by atoms with E-state index in [1.54, 1.807) is 18.2 Å². The van der Waals surface area contributed by atoms with Crippen molar-refractivity contribution in [2.24, 2.45) is 0 Å². The Morgan fingerprint density at radius 1 is 0.833 bits per heavy atom. The Hall–Kier alpha value is -2.56. The highest BCUT2D eigenvalue weighted by atomic mass is 19.1. The monoisotopic (exact) mass is 325 g/mol. The molecule has 3 nitrogen and oxygen atoms in total. The number of fused-ring (bicyclic) bond motifs is 1. The zero-order valence-electron chi connectivity index (χ0n) is 13.2. The molecule has 3 aromatic rings. The SMILES string of the molecule is Fc1ccc(-c2ccc(F)c3ncnc(N4CCCCC4)c23)cc1. The molecule has 0 saturated carbocycles. The van der Waals surface area contributed by atoms with Gasteiger partial charge in [-0.05, 0) is 48.6 Å². The summed E-state index contributed by atoms with van der Waals surface area (Å²) in [6.07, 6.45) is 4.84. The Bertz CT molecular complexity index is 872. The van der Waals surface area contributed by atoms with Gasteiger partial charge in [-0.15, -0.1) is 0 Å². The lowest BCUT2D eigenvalue weighted by molar-refractivity contribution is 0.574. The molecule has 2 aromatic carbocycles. The van der Waals surface area contributed by atoms with Crippen molar-refractivity contribution in [2.75, 3.05) is 18.0 Å². The van der Waals surface area contributed by atoms with E-state index in [1.807, 2.05) is 0 Å². The zero-order valence-corrected chi connectivity index (χ0v) is 13.2. The van der Waals surface area contributed by atoms with E-state index in [-0.39, 0.29) is 11.6 Å². The van der Waals surface area contributed by atoms with Crippen molar-refractivity contribution in [1.29, 1.82) is 0 Å². The molecule has 0 radical (unpaired) electrons. The van der Waals surface area contributed by atoms with Crippen LogP contribution in [0.5, 0.6) is 0 Å². The van der Waals surface area contributed by atoms with Crippen molar-refractivity contribution >= 4 is 16.7 Å². The lowest BCUT2D eigenvalue weighted by Crippen LogP contribution is -2.30. The number of benzene rings is 2. The molecule has 0 amide bonds. The molecule has 1 saturated heterocycles. The topological polar surface area (TPSA) is 29.0 Å². The van der Waals surface area contributed by atoms with E-state index >= 15 is 0 Å². The minimum atomic E-state index is -0.364. The average molecular weight is 325 g/mol. The van der Waals surface area contributed by atoms with Gasteiger partial charge in [0.15, 0.2) is 0 Å². The molecular formula is C19H17F2N3. The van der Waals surface area contributed by atoms with E-state index < -0.39 is 0 Å². The maximum atomic E-state index is 14.3. The fraction of sp³-hybridized carbons (Fsp3) is 0.263. The molecule has 0 atom stereocenters. The number of hydrogen-bond donors (Lipinski definition) is 0. The molecule has 0 spiro atoms. The maximum absolute atomic E-state index is 14.3. The van der Waals surface area contributed by atoms with Gasteiger partial charge in [0.2, 0.25) is 0 Å². The summed E-state index contributed by atoms with van der Waals surface area (Å²) < 4.78 is 27.6. The van der Waals surface area contributed by atoms with Crippen molar-refractivity contribution in [3.05, 3.63) is 54.4 Å². The van der Waals surface area contributed by atoms with Crippen LogP contribution < -0.4 is 4.90 Å². The predicted molar refractivity (Wildman–Crippen MR) is 91.0 cm³/mol. The summed E-state index contributed by atoms with van der Waals surface area (Å²) in [7, 11) is 0. The van der Waals surface area contributed by atoms with E-state index in [0.717, 1.165) is 42.9 Å². The highest BCUT2D eigenvalue weighted by molar-refractivity contribution is 6.02. The second-order valence-electron chi connectivity index (χ2n) is 6.07. The van der Waals surface area contributed by atoms with Gasteiger partial charge >= 0.3 is 0 Å². The molecule has 122 valence electrons. The molecule has 1 aromatic heterocycles. The van der Waals surface area contributed by atoms with Gasteiger partial charge < -0.3 is 4.90 Å². The van der Waals surface area contributed by atoms with Gasteiger partial charge in [0, 0.05) is 13.1 Å². The number of nitrogens with zero attached hydrogens (tertiary/aromatic N) is 3. The van der Waals surface area contributed by atoms with Crippen LogP contribution in [-0.2, 0) is 0 Å². The minimum Gasteiger partial charge on any atom is -0.356 e. The third-order valence-corrected chi connectivity index (χ3v) is 4.53. The van der Waals surface area contributed by atoms with Gasteiger partial charge in [-0.2, -0.15) is 0 Å². The van der Waals surface area contributed by atoms with Gasteiger partial charge in [0.05, 0.1) is 5.39 Å². The fourth-order valence-electron chi connectivity index (χ4n) is 3.34. The lowest BCUT2D eigenvalue weighted by atomic mass is 9.99. The molecule has 0 N–H and O–H groups in total. The predicted octanol–water partition coefficient (Wildman–Crippen LogP) is 4.57. The molecule has 4 rings (SSSR count). The number of piperidine rings is 1. The molecule has 0 aliphatic carbocycles. The van der Waals surface area contributed by atoms with Crippen molar-refractivity contribution < 1.29 is 8.78 Å². The number of anilines is 1. The maximum Gasteiger partial charge on any atom is 0.149 e. The van der Waals surface area contributed by atoms with Crippen LogP contribution in [0.3, 0.4) is 0 Å². The largest absolute Gasteiger partial charge is 0.356 e. The van der Waals surface area contributed by atoms with E-state index in [2.05, 4.69) is 14.9 Å². The van der Waals surface area contributed by atoms with Crippen LogP contribution in [0.1, 0.15) is 19.3 Å². The van der Waals surface area contributed by atoms with Crippen molar-refractivity contribution in [3.8, 4) is 11.1 Å². The summed E-state index contributed by atoms with van der Waals surface area (Å²) in [6.45, 7) is 1.82. The summed E-state index contributed by atoms with van der Waals surface area (Å²) >= 11 is 0. The first-order valence-corrected chi connectivity index (χ1v) is 8.18. The minimum absolute atomic E-state index is 0.294. The van der Waals surface area contributed by atoms with Gasteiger partial charge in [-0.25, -0.2) is 18.7 Å². The van der Waals surface area contributed by atoms with E-state index in [0.29, 0.717) is 10.9 Å². The molecule has 5 heteroatoms. The highest BCUT2D eigenvalue weighted by Gasteiger charge is 2.20. The number of rotatable bonds is 2. The summed E-state index contributed by atoms with van der Waals surface area (Å²) in [5, 5.41) is 0.700. The number of hydrogen-bond acceptors (Lipinski definition) is 3. The second-order valence-corrected chi connectivity index (χ2v) is 6.07. The Kier molecular flexibility index (Phi) is 3.84. The standard InChI is InChI=1S/C19H17F2N3/c20-14-6-4-13(5-7-14)15-8-9-16(21)18-17(15)19(23-12-22-18)24-10-2-1-3-11-24/h4-9,12H,1-3,10-11H2. The first-order chi connectivity index (χ1) is 11.7. The Morgan fingerprint density at radius 2 is 1.58 bits per heavy atom. The Labute approximate surface area is 139 Å². The molecular weight excluding hydrogens is 308 g/mol. The van der Waals surface area contributed by atoms with Crippen LogP contribution in [0.4, 0.5) is 14.6 Å². The van der Waals surface area contributed by atoms with Gasteiger partial charge in [-0.1, -0.05) is 18.2 Å². The van der Waals surface area contributed by atoms with Gasteiger partial charge in [0.1, 0.15) is 29.3 Å². The van der Waals surface area contributed by atoms with E-state index in [4.69, 9.17) is 0 Å². The molecule has 24 heavy (non-hydrogen) atoms. The van der Waals surface area contributed by atoms with E-state index in [1.165, 1.54) is 30.9 Å². The van der Waals surface area contributed by atoms with Crippen LogP contribution in [0.2, 0.25) is 0 Å². The highest BCUT2D eigenvalue weighted by Crippen LogP contribution is 2.35. The van der Waals surface area contributed by atoms with Crippen LogP contribution in [0.25, 0.3) is 22.0 Å². The molecule has 1 fully saturated rings. The molecule has 0 unspecified atom stereocenters. The summed E-state index contributed by atoms with van der Waals surface area (Å²) in [4.78, 5) is 10.8. The normalized spacial score (nSPS) is 15.0. The summed E-state index contributed by atoms with van der Waals surface area (Å²) in [5.74, 6) is 0.104.